The molecule has 0 bridgehead atoms. The Labute approximate surface area is 133 Å². The van der Waals surface area contributed by atoms with Gasteiger partial charge in [-0.15, -0.1) is 0 Å². The predicted molar refractivity (Wildman–Crippen MR) is 79.1 cm³/mol. The van der Waals surface area contributed by atoms with Gasteiger partial charge in [0.2, 0.25) is 5.88 Å². The number of rotatable bonds is 7. The molecule has 0 unspecified atom stereocenters. The van der Waals surface area contributed by atoms with Gasteiger partial charge in [0.1, 0.15) is 12.3 Å². The van der Waals surface area contributed by atoms with Crippen molar-refractivity contribution in [3.8, 4) is 5.88 Å². The lowest BCUT2D eigenvalue weighted by Gasteiger charge is -2.23. The fourth-order valence-electron chi connectivity index (χ4n) is 2.20. The molecule has 0 atom stereocenters. The van der Waals surface area contributed by atoms with Crippen molar-refractivity contribution in [3.63, 3.8) is 0 Å². The molecule has 0 fully saturated rings. The van der Waals surface area contributed by atoms with Gasteiger partial charge in [-0.2, -0.15) is 13.2 Å². The third-order valence-electron chi connectivity index (χ3n) is 3.31. The molecule has 1 aromatic rings. The number of aromatic nitrogens is 2. The van der Waals surface area contributed by atoms with Crippen molar-refractivity contribution in [2.24, 2.45) is 0 Å². The van der Waals surface area contributed by atoms with E-state index in [1.54, 1.807) is 6.20 Å². The quantitative estimate of drug-likeness (QED) is 0.719. The summed E-state index contributed by atoms with van der Waals surface area (Å²) in [6.07, 6.45) is 1.01. The van der Waals surface area contributed by atoms with E-state index in [4.69, 9.17) is 9.47 Å². The van der Waals surface area contributed by atoms with Crippen LogP contribution in [0.5, 0.6) is 5.88 Å². The minimum absolute atomic E-state index is 0.0744. The number of alkyl halides is 3. The lowest BCUT2D eigenvalue weighted by atomic mass is 10.1. The summed E-state index contributed by atoms with van der Waals surface area (Å²) in [5.41, 5.74) is 1.72. The summed E-state index contributed by atoms with van der Waals surface area (Å²) in [6, 6.07) is 0. The Hall–Kier alpha value is -1.67. The Morgan fingerprint density at radius 2 is 1.96 bits per heavy atom. The van der Waals surface area contributed by atoms with Crippen LogP contribution in [0.25, 0.3) is 5.57 Å². The first-order valence-electron chi connectivity index (χ1n) is 7.42. The van der Waals surface area contributed by atoms with Gasteiger partial charge in [-0.3, -0.25) is 0 Å². The van der Waals surface area contributed by atoms with Gasteiger partial charge < -0.3 is 14.4 Å². The van der Waals surface area contributed by atoms with Crippen LogP contribution in [0.3, 0.4) is 0 Å². The van der Waals surface area contributed by atoms with Gasteiger partial charge in [0, 0.05) is 25.5 Å². The summed E-state index contributed by atoms with van der Waals surface area (Å²) < 4.78 is 46.4. The first-order valence-corrected chi connectivity index (χ1v) is 7.42. The van der Waals surface area contributed by atoms with Crippen molar-refractivity contribution < 1.29 is 22.6 Å². The monoisotopic (exact) mass is 331 g/mol. The molecule has 1 aliphatic heterocycles. The van der Waals surface area contributed by atoms with Crippen LogP contribution in [-0.4, -0.2) is 61.0 Å². The second-order valence-electron chi connectivity index (χ2n) is 5.29. The van der Waals surface area contributed by atoms with Crippen LogP contribution in [0, 0.1) is 0 Å². The van der Waals surface area contributed by atoms with Crippen LogP contribution >= 0.6 is 0 Å². The Balaban J connectivity index is 1.83. The summed E-state index contributed by atoms with van der Waals surface area (Å²) in [4.78, 5) is 10.6. The Kier molecular flexibility index (Phi) is 6.35. The molecule has 0 N–H and O–H groups in total. The first-order chi connectivity index (χ1) is 11.0. The highest BCUT2D eigenvalue weighted by Gasteiger charge is 2.26. The van der Waals surface area contributed by atoms with Gasteiger partial charge in [-0.05, 0) is 19.0 Å². The molecule has 0 saturated heterocycles. The second-order valence-corrected chi connectivity index (χ2v) is 5.29. The van der Waals surface area contributed by atoms with Crippen molar-refractivity contribution >= 4 is 5.57 Å². The summed E-state index contributed by atoms with van der Waals surface area (Å²) in [6.45, 7) is 1.60. The average Bonchev–Trinajstić information content (AvgIpc) is 2.50. The van der Waals surface area contributed by atoms with Crippen molar-refractivity contribution in [1.82, 2.24) is 14.9 Å². The summed E-state index contributed by atoms with van der Waals surface area (Å²) in [5, 5.41) is 0. The van der Waals surface area contributed by atoms with Gasteiger partial charge in [0.25, 0.3) is 0 Å². The van der Waals surface area contributed by atoms with Crippen molar-refractivity contribution in [2.75, 3.05) is 40.0 Å². The molecule has 0 saturated carbocycles. The minimum Gasteiger partial charge on any atom is -0.474 e. The average molecular weight is 331 g/mol. The lowest BCUT2D eigenvalue weighted by molar-refractivity contribution is -0.145. The molecular formula is C15H20F3N3O2. The van der Waals surface area contributed by atoms with Gasteiger partial charge in [-0.25, -0.2) is 9.97 Å². The van der Waals surface area contributed by atoms with Crippen LogP contribution in [0.2, 0.25) is 0 Å². The van der Waals surface area contributed by atoms with Crippen LogP contribution in [0.1, 0.15) is 18.5 Å². The number of hydrogen-bond donors (Lipinski definition) is 0. The van der Waals surface area contributed by atoms with Crippen molar-refractivity contribution in [1.29, 1.82) is 0 Å². The van der Waals surface area contributed by atoms with E-state index >= 15 is 0 Å². The maximum atomic E-state index is 12.0. The molecule has 0 aromatic carbocycles. The van der Waals surface area contributed by atoms with Crippen LogP contribution in [-0.2, 0) is 4.74 Å². The van der Waals surface area contributed by atoms with Gasteiger partial charge in [0.15, 0.2) is 0 Å². The van der Waals surface area contributed by atoms with E-state index in [9.17, 15) is 13.2 Å². The SMILES string of the molecule is CN1CCC=C(c2nccnc2OCCOCCC(F)(F)F)C1. The van der Waals surface area contributed by atoms with Gasteiger partial charge >= 0.3 is 6.18 Å². The molecule has 0 aliphatic carbocycles. The maximum Gasteiger partial charge on any atom is 0.391 e. The normalized spacial score (nSPS) is 16.3. The molecule has 1 aliphatic rings. The van der Waals surface area contributed by atoms with Crippen LogP contribution in [0.4, 0.5) is 13.2 Å². The van der Waals surface area contributed by atoms with Crippen LogP contribution < -0.4 is 4.74 Å². The minimum atomic E-state index is -4.20. The van der Waals surface area contributed by atoms with E-state index in [0.29, 0.717) is 11.6 Å². The molecule has 2 rings (SSSR count). The highest BCUT2D eigenvalue weighted by atomic mass is 19.4. The third kappa shape index (κ3) is 6.15. The number of hydrogen-bond acceptors (Lipinski definition) is 5. The number of likely N-dealkylation sites (N-methyl/N-ethyl adjacent to an activating group) is 1. The first kappa shape index (κ1) is 17.7. The zero-order valence-corrected chi connectivity index (χ0v) is 13.0. The molecule has 2 heterocycles. The molecule has 0 radical (unpaired) electrons. The second kappa shape index (κ2) is 8.26. The van der Waals surface area contributed by atoms with E-state index in [1.165, 1.54) is 6.20 Å². The largest absolute Gasteiger partial charge is 0.474 e. The zero-order chi connectivity index (χ0) is 16.7. The van der Waals surface area contributed by atoms with E-state index in [-0.39, 0.29) is 19.8 Å². The fraction of sp³-hybridized carbons (Fsp3) is 0.600. The summed E-state index contributed by atoms with van der Waals surface area (Å²) >= 11 is 0. The number of ether oxygens (including phenoxy) is 2. The standard InChI is InChI=1S/C15H20F3N3O2/c1-21-7-2-3-12(11-21)13-14(20-6-5-19-13)23-10-9-22-8-4-15(16,17)18/h3,5-6H,2,4,7-11H2,1H3. The highest BCUT2D eigenvalue weighted by molar-refractivity contribution is 5.67. The van der Waals surface area contributed by atoms with Crippen molar-refractivity contribution in [2.45, 2.75) is 19.0 Å². The molecule has 0 spiro atoms. The molecule has 128 valence electrons. The van der Waals surface area contributed by atoms with E-state index in [1.807, 2.05) is 7.05 Å². The zero-order valence-electron chi connectivity index (χ0n) is 13.0. The molecule has 8 heteroatoms. The third-order valence-corrected chi connectivity index (χ3v) is 3.31. The Bertz CT molecular complexity index is 535. The predicted octanol–water partition coefficient (Wildman–Crippen LogP) is 2.54. The molecule has 23 heavy (non-hydrogen) atoms. The van der Waals surface area contributed by atoms with Crippen LogP contribution in [0.15, 0.2) is 18.5 Å². The molecule has 1 aromatic heterocycles. The van der Waals surface area contributed by atoms with Gasteiger partial charge in [0.05, 0.1) is 19.6 Å². The Morgan fingerprint density at radius 3 is 2.70 bits per heavy atom. The van der Waals surface area contributed by atoms with Crippen molar-refractivity contribution in [3.05, 3.63) is 24.2 Å². The number of nitrogens with zero attached hydrogens (tertiary/aromatic N) is 3. The summed E-state index contributed by atoms with van der Waals surface area (Å²) in [5.74, 6) is 0.383. The lowest BCUT2D eigenvalue weighted by Crippen LogP contribution is -2.25. The maximum absolute atomic E-state index is 12.0. The topological polar surface area (TPSA) is 47.5 Å². The number of halogens is 3. The van der Waals surface area contributed by atoms with E-state index < -0.39 is 12.6 Å². The Morgan fingerprint density at radius 1 is 1.17 bits per heavy atom. The van der Waals surface area contributed by atoms with Gasteiger partial charge in [-0.1, -0.05) is 6.08 Å². The molecule has 0 amide bonds. The molecule has 5 nitrogen and oxygen atoms in total. The smallest absolute Gasteiger partial charge is 0.391 e. The molecular weight excluding hydrogens is 311 g/mol. The fourth-order valence-corrected chi connectivity index (χ4v) is 2.20. The highest BCUT2D eigenvalue weighted by Crippen LogP contribution is 2.24. The summed E-state index contributed by atoms with van der Waals surface area (Å²) in [7, 11) is 2.03. The van der Waals surface area contributed by atoms with E-state index in [2.05, 4.69) is 20.9 Å². The van der Waals surface area contributed by atoms with E-state index in [0.717, 1.165) is 25.1 Å².